The largest absolute Gasteiger partial charge is 0.455 e. The van der Waals surface area contributed by atoms with Gasteiger partial charge in [-0.15, -0.1) is 11.8 Å². The molecule has 0 aliphatic rings. The first-order valence-electron chi connectivity index (χ1n) is 7.45. The van der Waals surface area contributed by atoms with E-state index >= 15 is 0 Å². The van der Waals surface area contributed by atoms with Crippen molar-refractivity contribution in [3.8, 4) is 0 Å². The Morgan fingerprint density at radius 1 is 1.12 bits per heavy atom. The van der Waals surface area contributed by atoms with Gasteiger partial charge < -0.3 is 10.1 Å². The second-order valence-electron chi connectivity index (χ2n) is 5.39. The zero-order valence-electron chi connectivity index (χ0n) is 13.8. The molecule has 0 fully saturated rings. The minimum Gasteiger partial charge on any atom is -0.455 e. The number of rotatable bonds is 6. The third-order valence-electron chi connectivity index (χ3n) is 3.27. The van der Waals surface area contributed by atoms with Gasteiger partial charge in [-0.2, -0.15) is 0 Å². The monoisotopic (exact) mass is 397 g/mol. The quantitative estimate of drug-likeness (QED) is 0.557. The molecule has 0 aliphatic heterocycles. The number of carbonyl (C=O) groups excluding carboxylic acids is 2. The van der Waals surface area contributed by atoms with Gasteiger partial charge in [0.25, 0.3) is 5.91 Å². The molecule has 2 rings (SSSR count). The van der Waals surface area contributed by atoms with Crippen LogP contribution in [0.5, 0.6) is 0 Å². The van der Waals surface area contributed by atoms with Gasteiger partial charge >= 0.3 is 5.97 Å². The van der Waals surface area contributed by atoms with E-state index < -0.39 is 5.97 Å². The second kappa shape index (κ2) is 9.13. The highest BCUT2D eigenvalue weighted by Crippen LogP contribution is 2.29. The number of amides is 1. The predicted octanol–water partition coefficient (Wildman–Crippen LogP) is 4.88. The Balaban J connectivity index is 1.80. The lowest BCUT2D eigenvalue weighted by Gasteiger charge is -2.10. The topological polar surface area (TPSA) is 55.4 Å². The van der Waals surface area contributed by atoms with Crippen molar-refractivity contribution in [2.24, 2.45) is 0 Å². The predicted molar refractivity (Wildman–Crippen MR) is 103 cm³/mol. The van der Waals surface area contributed by atoms with E-state index in [2.05, 4.69) is 5.32 Å². The number of anilines is 1. The Labute approximate surface area is 160 Å². The Morgan fingerprint density at radius 3 is 2.64 bits per heavy atom. The molecule has 1 amide bonds. The summed E-state index contributed by atoms with van der Waals surface area (Å²) in [6.45, 7) is 3.50. The number of halogens is 2. The molecule has 0 spiro atoms. The molecule has 0 aromatic heterocycles. The van der Waals surface area contributed by atoms with Crippen molar-refractivity contribution in [3.63, 3.8) is 0 Å². The highest BCUT2D eigenvalue weighted by Gasteiger charge is 2.11. The lowest BCUT2D eigenvalue weighted by atomic mass is 10.1. The van der Waals surface area contributed by atoms with Gasteiger partial charge in [0, 0.05) is 15.6 Å². The van der Waals surface area contributed by atoms with E-state index in [4.69, 9.17) is 27.9 Å². The van der Waals surface area contributed by atoms with E-state index in [0.29, 0.717) is 20.6 Å². The van der Waals surface area contributed by atoms with Gasteiger partial charge in [-0.05, 0) is 49.2 Å². The molecule has 0 atom stereocenters. The molecule has 0 saturated carbocycles. The molecular weight excluding hydrogens is 381 g/mol. The van der Waals surface area contributed by atoms with Gasteiger partial charge in [0.2, 0.25) is 0 Å². The van der Waals surface area contributed by atoms with Crippen molar-refractivity contribution in [1.82, 2.24) is 0 Å². The average Bonchev–Trinajstić information content (AvgIpc) is 2.57. The van der Waals surface area contributed by atoms with Crippen LogP contribution in [0.3, 0.4) is 0 Å². The number of benzene rings is 2. The molecule has 2 aromatic carbocycles. The van der Waals surface area contributed by atoms with Crippen LogP contribution < -0.4 is 5.32 Å². The summed E-state index contributed by atoms with van der Waals surface area (Å²) in [5.74, 6) is -0.846. The van der Waals surface area contributed by atoms with Crippen LogP contribution in [0.1, 0.15) is 11.1 Å². The molecule has 0 bridgehead atoms. The molecular formula is C18H17Cl2NO3S. The molecule has 1 N–H and O–H groups in total. The Hall–Kier alpha value is -1.69. The lowest BCUT2D eigenvalue weighted by molar-refractivity contribution is -0.144. The number of carbonyl (C=O) groups is 2. The summed E-state index contributed by atoms with van der Waals surface area (Å²) in [7, 11) is 0. The van der Waals surface area contributed by atoms with Crippen molar-refractivity contribution >= 4 is 52.5 Å². The van der Waals surface area contributed by atoms with Gasteiger partial charge in [0.1, 0.15) is 0 Å². The van der Waals surface area contributed by atoms with E-state index in [1.54, 1.807) is 18.2 Å². The van der Waals surface area contributed by atoms with E-state index in [-0.39, 0.29) is 18.3 Å². The summed E-state index contributed by atoms with van der Waals surface area (Å²) in [4.78, 5) is 24.4. The van der Waals surface area contributed by atoms with E-state index in [1.807, 2.05) is 32.0 Å². The standard InChI is InChI=1S/C18H17Cl2NO3S/c1-11-3-4-12(2)15(7-11)21-17(22)9-24-18(23)10-25-16-8-13(19)5-6-14(16)20/h3-8H,9-10H2,1-2H3,(H,21,22). The third-order valence-corrected chi connectivity index (χ3v) is 4.98. The number of aryl methyl sites for hydroxylation is 2. The molecule has 0 heterocycles. The fraction of sp³-hybridized carbons (Fsp3) is 0.222. The van der Waals surface area contributed by atoms with Gasteiger partial charge in [-0.1, -0.05) is 35.3 Å². The molecule has 0 radical (unpaired) electrons. The maximum absolute atomic E-state index is 11.9. The number of ether oxygens (including phenoxy) is 1. The maximum Gasteiger partial charge on any atom is 0.316 e. The molecule has 0 saturated heterocycles. The van der Waals surface area contributed by atoms with Gasteiger partial charge in [-0.3, -0.25) is 9.59 Å². The summed E-state index contributed by atoms with van der Waals surface area (Å²) in [5, 5.41) is 3.78. The number of thioether (sulfide) groups is 1. The lowest BCUT2D eigenvalue weighted by Crippen LogP contribution is -2.22. The zero-order valence-corrected chi connectivity index (χ0v) is 16.1. The van der Waals surface area contributed by atoms with Gasteiger partial charge in [0.15, 0.2) is 6.61 Å². The number of nitrogens with one attached hydrogen (secondary N) is 1. The average molecular weight is 398 g/mol. The van der Waals surface area contributed by atoms with Crippen LogP contribution in [0, 0.1) is 13.8 Å². The van der Waals surface area contributed by atoms with Crippen molar-refractivity contribution in [2.75, 3.05) is 17.7 Å². The smallest absolute Gasteiger partial charge is 0.316 e. The van der Waals surface area contributed by atoms with Crippen LogP contribution >= 0.6 is 35.0 Å². The van der Waals surface area contributed by atoms with Crippen LogP contribution in [-0.4, -0.2) is 24.2 Å². The summed E-state index contributed by atoms with van der Waals surface area (Å²) in [5.41, 5.74) is 2.69. The SMILES string of the molecule is Cc1ccc(C)c(NC(=O)COC(=O)CSc2cc(Cl)ccc2Cl)c1. The van der Waals surface area contributed by atoms with Crippen LogP contribution in [0.4, 0.5) is 5.69 Å². The number of hydrogen-bond donors (Lipinski definition) is 1. The Bertz CT molecular complexity index is 796. The molecule has 132 valence electrons. The summed E-state index contributed by atoms with van der Waals surface area (Å²) in [6.07, 6.45) is 0. The van der Waals surface area contributed by atoms with Gasteiger partial charge in [0.05, 0.1) is 10.8 Å². The van der Waals surface area contributed by atoms with Gasteiger partial charge in [-0.25, -0.2) is 0 Å². The molecule has 7 heteroatoms. The third kappa shape index (κ3) is 6.27. The highest BCUT2D eigenvalue weighted by molar-refractivity contribution is 8.00. The normalized spacial score (nSPS) is 10.4. The van der Waals surface area contributed by atoms with Crippen molar-refractivity contribution in [2.45, 2.75) is 18.7 Å². The summed E-state index contributed by atoms with van der Waals surface area (Å²) < 4.78 is 4.99. The van der Waals surface area contributed by atoms with Crippen LogP contribution in [0.2, 0.25) is 10.0 Å². The van der Waals surface area contributed by atoms with Crippen molar-refractivity contribution < 1.29 is 14.3 Å². The molecule has 0 unspecified atom stereocenters. The summed E-state index contributed by atoms with van der Waals surface area (Å²) >= 11 is 13.1. The Morgan fingerprint density at radius 2 is 1.88 bits per heavy atom. The fourth-order valence-electron chi connectivity index (χ4n) is 1.97. The molecule has 25 heavy (non-hydrogen) atoms. The fourth-order valence-corrected chi connectivity index (χ4v) is 3.26. The van der Waals surface area contributed by atoms with Crippen LogP contribution in [0.25, 0.3) is 0 Å². The molecule has 0 aliphatic carbocycles. The maximum atomic E-state index is 11.9. The Kier molecular flexibility index (Phi) is 7.17. The van der Waals surface area contributed by atoms with Crippen LogP contribution in [0.15, 0.2) is 41.3 Å². The zero-order chi connectivity index (χ0) is 18.4. The molecule has 4 nitrogen and oxygen atoms in total. The van der Waals surface area contributed by atoms with Crippen molar-refractivity contribution in [1.29, 1.82) is 0 Å². The minimum atomic E-state index is -0.503. The minimum absolute atomic E-state index is 0.0385. The van der Waals surface area contributed by atoms with E-state index in [1.165, 1.54) is 11.8 Å². The van der Waals surface area contributed by atoms with Crippen LogP contribution in [-0.2, 0) is 14.3 Å². The first kappa shape index (κ1) is 19.6. The molecule has 2 aromatic rings. The van der Waals surface area contributed by atoms with Crippen molar-refractivity contribution in [3.05, 3.63) is 57.6 Å². The first-order chi connectivity index (χ1) is 11.8. The number of hydrogen-bond acceptors (Lipinski definition) is 4. The van der Waals surface area contributed by atoms with E-state index in [9.17, 15) is 9.59 Å². The van der Waals surface area contributed by atoms with E-state index in [0.717, 1.165) is 11.1 Å². The second-order valence-corrected chi connectivity index (χ2v) is 7.25. The summed E-state index contributed by atoms with van der Waals surface area (Å²) in [6, 6.07) is 10.8. The highest BCUT2D eigenvalue weighted by atomic mass is 35.5. The number of esters is 1. The first-order valence-corrected chi connectivity index (χ1v) is 9.20.